The molecule has 1 unspecified atom stereocenters. The zero-order valence-corrected chi connectivity index (χ0v) is 7.49. The number of carbonyl (C=O) groups is 1. The Morgan fingerprint density at radius 2 is 2.17 bits per heavy atom. The van der Waals surface area contributed by atoms with Crippen molar-refractivity contribution in [2.24, 2.45) is 0 Å². The lowest BCUT2D eigenvalue weighted by molar-refractivity contribution is -0.133. The van der Waals surface area contributed by atoms with Gasteiger partial charge in [-0.25, -0.2) is 4.79 Å². The number of aliphatic carboxylic acids is 1. The maximum atomic E-state index is 9.25. The molecule has 0 rings (SSSR count). The van der Waals surface area contributed by atoms with Crippen molar-refractivity contribution >= 4 is 18.6 Å². The van der Waals surface area contributed by atoms with E-state index in [0.717, 1.165) is 6.08 Å². The summed E-state index contributed by atoms with van der Waals surface area (Å²) in [6, 6.07) is 0. The van der Waals surface area contributed by atoms with E-state index in [-0.39, 0.29) is 0 Å². The van der Waals surface area contributed by atoms with Crippen LogP contribution in [0.15, 0.2) is 12.7 Å². The number of ether oxygens (including phenoxy) is 1. The van der Waals surface area contributed by atoms with E-state index in [4.69, 9.17) is 15.3 Å². The van der Waals surface area contributed by atoms with Gasteiger partial charge in [-0.1, -0.05) is 6.58 Å². The lowest BCUT2D eigenvalue weighted by atomic mass is 10.7. The van der Waals surface area contributed by atoms with Crippen LogP contribution in [0.5, 0.6) is 0 Å². The highest BCUT2D eigenvalue weighted by Gasteiger charge is 2.17. The average Bonchev–Trinajstić information content (AvgIpc) is 2.05. The van der Waals surface area contributed by atoms with E-state index in [1.54, 1.807) is 0 Å². The fourth-order valence-corrected chi connectivity index (χ4v) is 0.0645. The number of carboxylic acid groups (broad SMARTS) is 1. The average molecular weight is 196 g/mol. The number of aliphatic hydroxyl groups excluding tert-OH is 1. The van der Waals surface area contributed by atoms with Gasteiger partial charge >= 0.3 is 5.97 Å². The highest BCUT2D eigenvalue weighted by molar-refractivity contribution is 7.81. The summed E-state index contributed by atoms with van der Waals surface area (Å²) in [4.78, 5) is 9.25. The first-order valence-electron chi connectivity index (χ1n) is 2.85. The van der Waals surface area contributed by atoms with Crippen LogP contribution in [0.25, 0.3) is 0 Å². The SMILES string of the molecule is C=CC(=O)O.COC(O)(S)CO. The Morgan fingerprint density at radius 1 is 1.83 bits per heavy atom. The summed E-state index contributed by atoms with van der Waals surface area (Å²) >= 11 is 3.47. The van der Waals surface area contributed by atoms with Crippen LogP contribution in [-0.2, 0) is 9.53 Å². The summed E-state index contributed by atoms with van der Waals surface area (Å²) in [5.41, 5.74) is 0. The minimum absolute atomic E-state index is 0.507. The molecule has 3 N–H and O–H groups in total. The molecule has 0 aliphatic heterocycles. The molecule has 12 heavy (non-hydrogen) atoms. The van der Waals surface area contributed by atoms with Crippen LogP contribution in [0.3, 0.4) is 0 Å². The molecule has 0 aliphatic carbocycles. The van der Waals surface area contributed by atoms with E-state index in [9.17, 15) is 4.79 Å². The predicted octanol–water partition coefficient (Wildman–Crippen LogP) is -0.542. The van der Waals surface area contributed by atoms with E-state index in [2.05, 4.69) is 23.9 Å². The van der Waals surface area contributed by atoms with Gasteiger partial charge in [0.05, 0.1) is 0 Å². The second-order valence-electron chi connectivity index (χ2n) is 1.65. The molecular formula is C6H12O5S. The molecule has 0 fully saturated rings. The van der Waals surface area contributed by atoms with Crippen LogP contribution in [0.4, 0.5) is 0 Å². The van der Waals surface area contributed by atoms with E-state index >= 15 is 0 Å². The first-order chi connectivity index (χ1) is 5.39. The zero-order chi connectivity index (χ0) is 10.2. The molecule has 0 saturated heterocycles. The summed E-state index contributed by atoms with van der Waals surface area (Å²) in [6.07, 6.45) is 0.833. The Morgan fingerprint density at radius 3 is 2.17 bits per heavy atom. The third-order valence-electron chi connectivity index (χ3n) is 0.708. The number of methoxy groups -OCH3 is 1. The van der Waals surface area contributed by atoms with Gasteiger partial charge in [-0.2, -0.15) is 0 Å². The molecular weight excluding hydrogens is 184 g/mol. The molecule has 0 aromatic heterocycles. The number of carboxylic acids is 1. The second kappa shape index (κ2) is 7.11. The number of hydrogen-bond acceptors (Lipinski definition) is 5. The van der Waals surface area contributed by atoms with Gasteiger partial charge in [0.1, 0.15) is 6.61 Å². The quantitative estimate of drug-likeness (QED) is 0.276. The molecule has 0 aromatic rings. The summed E-state index contributed by atoms with van der Waals surface area (Å²) in [6.45, 7) is 2.45. The second-order valence-corrected chi connectivity index (χ2v) is 2.35. The number of rotatable bonds is 3. The maximum absolute atomic E-state index is 9.25. The normalized spacial score (nSPS) is 13.7. The Hall–Kier alpha value is -0.560. The van der Waals surface area contributed by atoms with Crippen LogP contribution in [0.2, 0.25) is 0 Å². The molecule has 0 radical (unpaired) electrons. The Bertz CT molecular complexity index is 139. The highest BCUT2D eigenvalue weighted by atomic mass is 32.1. The van der Waals surface area contributed by atoms with E-state index in [0.29, 0.717) is 0 Å². The summed E-state index contributed by atoms with van der Waals surface area (Å²) in [7, 11) is 1.25. The molecule has 1 atom stereocenters. The fourth-order valence-electron chi connectivity index (χ4n) is 0.0645. The summed E-state index contributed by atoms with van der Waals surface area (Å²) < 4.78 is 4.26. The van der Waals surface area contributed by atoms with Crippen LogP contribution >= 0.6 is 12.6 Å². The molecule has 0 bridgehead atoms. The van der Waals surface area contributed by atoms with Crippen molar-refractivity contribution in [1.29, 1.82) is 0 Å². The standard InChI is InChI=1S/C3H8O3S.C3H4O2/c1-6-3(5,7)2-4;1-2-3(4)5/h4-5,7H,2H2,1H3;2H,1H2,(H,4,5). The van der Waals surface area contributed by atoms with Gasteiger partial charge in [-0.15, -0.1) is 12.6 Å². The Labute approximate surface area is 75.7 Å². The van der Waals surface area contributed by atoms with Gasteiger partial charge in [0.15, 0.2) is 0 Å². The summed E-state index contributed by atoms with van der Waals surface area (Å²) in [5, 5.41) is 22.6. The molecule has 0 saturated carbocycles. The minimum Gasteiger partial charge on any atom is -0.478 e. The van der Waals surface area contributed by atoms with Gasteiger partial charge in [-0.3, -0.25) is 0 Å². The topological polar surface area (TPSA) is 87.0 Å². The Balaban J connectivity index is 0. The first-order valence-corrected chi connectivity index (χ1v) is 3.30. The van der Waals surface area contributed by atoms with Crippen molar-refractivity contribution < 1.29 is 24.9 Å². The van der Waals surface area contributed by atoms with Crippen molar-refractivity contribution in [2.75, 3.05) is 13.7 Å². The van der Waals surface area contributed by atoms with Crippen molar-refractivity contribution in [2.45, 2.75) is 5.12 Å². The number of aliphatic hydroxyl groups is 2. The maximum Gasteiger partial charge on any atom is 0.327 e. The third-order valence-corrected chi connectivity index (χ3v) is 1.03. The van der Waals surface area contributed by atoms with Gasteiger partial charge < -0.3 is 20.1 Å². The first kappa shape index (κ1) is 14.0. The van der Waals surface area contributed by atoms with E-state index in [1.165, 1.54) is 7.11 Å². The van der Waals surface area contributed by atoms with Crippen LogP contribution < -0.4 is 0 Å². The fraction of sp³-hybridized carbons (Fsp3) is 0.500. The Kier molecular flexibility index (Phi) is 8.29. The molecule has 0 spiro atoms. The third kappa shape index (κ3) is 12.1. The van der Waals surface area contributed by atoms with Gasteiger partial charge in [0, 0.05) is 13.2 Å². The molecule has 5 nitrogen and oxygen atoms in total. The summed E-state index contributed by atoms with van der Waals surface area (Å²) in [5.74, 6) is -0.981. The van der Waals surface area contributed by atoms with Gasteiger partial charge in [0.2, 0.25) is 5.12 Å². The van der Waals surface area contributed by atoms with Crippen LogP contribution in [-0.4, -0.2) is 40.1 Å². The van der Waals surface area contributed by atoms with E-state index < -0.39 is 17.7 Å². The van der Waals surface area contributed by atoms with Crippen molar-refractivity contribution in [3.05, 3.63) is 12.7 Å². The van der Waals surface area contributed by atoms with Gasteiger partial charge in [0.25, 0.3) is 0 Å². The largest absolute Gasteiger partial charge is 0.478 e. The highest BCUT2D eigenvalue weighted by Crippen LogP contribution is 2.07. The molecule has 72 valence electrons. The lowest BCUT2D eigenvalue weighted by Crippen LogP contribution is -2.27. The van der Waals surface area contributed by atoms with Crippen molar-refractivity contribution in [3.8, 4) is 0 Å². The number of hydrogen-bond donors (Lipinski definition) is 4. The number of thiol groups is 1. The molecule has 0 aliphatic rings. The van der Waals surface area contributed by atoms with Crippen LogP contribution in [0, 0.1) is 0 Å². The molecule has 0 heterocycles. The van der Waals surface area contributed by atoms with E-state index in [1.807, 2.05) is 0 Å². The predicted molar refractivity (Wildman–Crippen MR) is 45.9 cm³/mol. The van der Waals surface area contributed by atoms with Gasteiger partial charge in [-0.05, 0) is 0 Å². The van der Waals surface area contributed by atoms with Crippen LogP contribution in [0.1, 0.15) is 0 Å². The lowest BCUT2D eigenvalue weighted by Gasteiger charge is -2.15. The van der Waals surface area contributed by atoms with Crippen molar-refractivity contribution in [3.63, 3.8) is 0 Å². The minimum atomic E-state index is -1.67. The van der Waals surface area contributed by atoms with Crippen molar-refractivity contribution in [1.82, 2.24) is 0 Å². The molecule has 6 heteroatoms. The monoisotopic (exact) mass is 196 g/mol. The molecule has 0 aromatic carbocycles. The zero-order valence-electron chi connectivity index (χ0n) is 6.60. The smallest absolute Gasteiger partial charge is 0.327 e. The molecule has 0 amide bonds.